The van der Waals surface area contributed by atoms with E-state index in [0.717, 1.165) is 22.1 Å². The van der Waals surface area contributed by atoms with Crippen LogP contribution >= 0.6 is 35.0 Å². The number of benzene rings is 2. The number of hydrogen-bond acceptors (Lipinski definition) is 4. The molecule has 0 saturated heterocycles. The zero-order valence-electron chi connectivity index (χ0n) is 14.7. The molecule has 3 rings (SSSR count). The van der Waals surface area contributed by atoms with Crippen molar-refractivity contribution in [3.05, 3.63) is 75.5 Å². The molecule has 0 bridgehead atoms. The zero-order chi connectivity index (χ0) is 19.2. The van der Waals surface area contributed by atoms with Crippen molar-refractivity contribution in [2.24, 2.45) is 0 Å². The van der Waals surface area contributed by atoms with Gasteiger partial charge in [-0.2, -0.15) is 0 Å². The number of carbonyl (C=O) groups excluding carboxylic acids is 1. The molecule has 1 N–H and O–H groups in total. The lowest BCUT2D eigenvalue weighted by Crippen LogP contribution is -2.25. The average Bonchev–Trinajstić information content (AvgIpc) is 3.00. The molecule has 0 aliphatic carbocycles. The molecule has 140 valence electrons. The Bertz CT molecular complexity index is 931. The minimum Gasteiger partial charge on any atom is -0.351 e. The number of carbonyl (C=O) groups is 1. The topological polar surface area (TPSA) is 59.8 Å². The molecule has 1 aromatic heterocycles. The van der Waals surface area contributed by atoms with Gasteiger partial charge in [-0.25, -0.2) is 0 Å². The van der Waals surface area contributed by atoms with Crippen LogP contribution in [-0.2, 0) is 17.9 Å². The van der Waals surface area contributed by atoms with Gasteiger partial charge in [-0.1, -0.05) is 71.4 Å². The van der Waals surface area contributed by atoms with E-state index in [-0.39, 0.29) is 11.7 Å². The molecule has 5 nitrogen and oxygen atoms in total. The van der Waals surface area contributed by atoms with Gasteiger partial charge in [0.2, 0.25) is 5.91 Å². The molecule has 0 aliphatic rings. The average molecular weight is 421 g/mol. The molecule has 1 heterocycles. The van der Waals surface area contributed by atoms with E-state index in [1.54, 1.807) is 18.2 Å². The van der Waals surface area contributed by atoms with Gasteiger partial charge in [-0.05, 0) is 30.2 Å². The van der Waals surface area contributed by atoms with Crippen LogP contribution in [0.25, 0.3) is 0 Å². The van der Waals surface area contributed by atoms with Crippen LogP contribution in [0.2, 0.25) is 10.0 Å². The summed E-state index contributed by atoms with van der Waals surface area (Å²) >= 11 is 13.4. The Labute approximate surface area is 172 Å². The summed E-state index contributed by atoms with van der Waals surface area (Å²) in [5.74, 6) is 0.964. The summed E-state index contributed by atoms with van der Waals surface area (Å²) in [5, 5.41) is 13.0. The van der Waals surface area contributed by atoms with E-state index in [0.29, 0.717) is 23.1 Å². The van der Waals surface area contributed by atoms with Gasteiger partial charge in [0.15, 0.2) is 5.16 Å². The van der Waals surface area contributed by atoms with E-state index >= 15 is 0 Å². The van der Waals surface area contributed by atoms with Crippen LogP contribution in [0.15, 0.2) is 53.7 Å². The zero-order valence-corrected chi connectivity index (χ0v) is 17.0. The Morgan fingerprint density at radius 2 is 1.93 bits per heavy atom. The molecule has 2 aromatic carbocycles. The van der Waals surface area contributed by atoms with Gasteiger partial charge in [-0.3, -0.25) is 4.79 Å². The van der Waals surface area contributed by atoms with E-state index in [1.807, 2.05) is 29.7 Å². The summed E-state index contributed by atoms with van der Waals surface area (Å²) in [5.41, 5.74) is 1.98. The third kappa shape index (κ3) is 5.48. The third-order valence-corrected chi connectivity index (χ3v) is 5.46. The predicted molar refractivity (Wildman–Crippen MR) is 109 cm³/mol. The monoisotopic (exact) mass is 420 g/mol. The van der Waals surface area contributed by atoms with E-state index in [2.05, 4.69) is 27.6 Å². The maximum atomic E-state index is 12.2. The molecule has 8 heteroatoms. The Morgan fingerprint density at radius 3 is 2.67 bits per heavy atom. The van der Waals surface area contributed by atoms with E-state index in [1.165, 1.54) is 11.8 Å². The van der Waals surface area contributed by atoms with Crippen molar-refractivity contribution in [3.8, 4) is 0 Å². The molecule has 3 aromatic rings. The predicted octanol–water partition coefficient (Wildman–Crippen LogP) is 4.35. The number of aryl methyl sites for hydroxylation is 1. The SMILES string of the molecule is Cc1nnc(SCC(=O)NCc2ccc(Cl)cc2Cl)n1Cc1ccccc1. The first-order chi connectivity index (χ1) is 13.0. The summed E-state index contributed by atoms with van der Waals surface area (Å²) in [6.07, 6.45) is 0. The molecule has 0 aliphatic heterocycles. The standard InChI is InChI=1S/C19H18Cl2N4OS/c1-13-23-24-19(25(13)11-14-5-3-2-4-6-14)27-12-18(26)22-10-15-7-8-16(20)9-17(15)21/h2-9H,10-12H2,1H3,(H,22,26). The molecule has 0 atom stereocenters. The molecule has 0 spiro atoms. The van der Waals surface area contributed by atoms with Crippen LogP contribution in [0.1, 0.15) is 17.0 Å². The van der Waals surface area contributed by atoms with Crippen molar-refractivity contribution in [2.75, 3.05) is 5.75 Å². The highest BCUT2D eigenvalue weighted by Gasteiger charge is 2.12. The molecule has 0 fully saturated rings. The summed E-state index contributed by atoms with van der Waals surface area (Å²) in [6.45, 7) is 2.93. The van der Waals surface area contributed by atoms with Crippen LogP contribution in [0.4, 0.5) is 0 Å². The first kappa shape index (κ1) is 19.7. The van der Waals surface area contributed by atoms with Gasteiger partial charge in [0, 0.05) is 16.6 Å². The Morgan fingerprint density at radius 1 is 1.15 bits per heavy atom. The number of aromatic nitrogens is 3. The second-order valence-electron chi connectivity index (χ2n) is 5.90. The van der Waals surface area contributed by atoms with Gasteiger partial charge in [-0.15, -0.1) is 10.2 Å². The fraction of sp³-hybridized carbons (Fsp3) is 0.211. The molecule has 0 unspecified atom stereocenters. The normalized spacial score (nSPS) is 10.8. The quantitative estimate of drug-likeness (QED) is 0.577. The number of hydrogen-bond donors (Lipinski definition) is 1. The van der Waals surface area contributed by atoms with Gasteiger partial charge in [0.05, 0.1) is 12.3 Å². The van der Waals surface area contributed by atoms with Crippen molar-refractivity contribution >= 4 is 40.9 Å². The lowest BCUT2D eigenvalue weighted by molar-refractivity contribution is -0.118. The maximum Gasteiger partial charge on any atom is 0.230 e. The Hall–Kier alpha value is -2.02. The summed E-state index contributed by atoms with van der Waals surface area (Å²) in [6, 6.07) is 15.3. The van der Waals surface area contributed by atoms with Gasteiger partial charge in [0.25, 0.3) is 0 Å². The lowest BCUT2D eigenvalue weighted by atomic mass is 10.2. The number of thioether (sulfide) groups is 1. The van der Waals surface area contributed by atoms with Crippen LogP contribution in [0.5, 0.6) is 0 Å². The van der Waals surface area contributed by atoms with Crippen molar-refractivity contribution in [1.29, 1.82) is 0 Å². The van der Waals surface area contributed by atoms with Crippen LogP contribution < -0.4 is 5.32 Å². The number of nitrogens with one attached hydrogen (secondary N) is 1. The fourth-order valence-electron chi connectivity index (χ4n) is 2.46. The molecule has 0 saturated carbocycles. The number of amides is 1. The smallest absolute Gasteiger partial charge is 0.230 e. The van der Waals surface area contributed by atoms with Gasteiger partial charge < -0.3 is 9.88 Å². The molecular formula is C19H18Cl2N4OS. The minimum absolute atomic E-state index is 0.0991. The lowest BCUT2D eigenvalue weighted by Gasteiger charge is -2.09. The summed E-state index contributed by atoms with van der Waals surface area (Å²) in [4.78, 5) is 12.2. The first-order valence-corrected chi connectivity index (χ1v) is 10.0. The number of halogens is 2. The maximum absolute atomic E-state index is 12.2. The second-order valence-corrected chi connectivity index (χ2v) is 7.69. The number of rotatable bonds is 7. The van der Waals surface area contributed by atoms with Crippen LogP contribution in [0, 0.1) is 6.92 Å². The fourth-order valence-corrected chi connectivity index (χ4v) is 3.74. The van der Waals surface area contributed by atoms with Crippen molar-refractivity contribution in [3.63, 3.8) is 0 Å². The highest BCUT2D eigenvalue weighted by molar-refractivity contribution is 7.99. The van der Waals surface area contributed by atoms with Crippen molar-refractivity contribution in [1.82, 2.24) is 20.1 Å². The Balaban J connectivity index is 1.56. The van der Waals surface area contributed by atoms with E-state index in [4.69, 9.17) is 23.2 Å². The Kier molecular flexibility index (Phi) is 6.77. The second kappa shape index (κ2) is 9.26. The van der Waals surface area contributed by atoms with Crippen LogP contribution in [0.3, 0.4) is 0 Å². The number of nitrogens with zero attached hydrogens (tertiary/aromatic N) is 3. The molecule has 27 heavy (non-hydrogen) atoms. The first-order valence-electron chi connectivity index (χ1n) is 8.30. The minimum atomic E-state index is -0.0991. The molecule has 0 radical (unpaired) electrons. The largest absolute Gasteiger partial charge is 0.351 e. The van der Waals surface area contributed by atoms with E-state index < -0.39 is 0 Å². The highest BCUT2D eigenvalue weighted by Crippen LogP contribution is 2.21. The highest BCUT2D eigenvalue weighted by atomic mass is 35.5. The summed E-state index contributed by atoms with van der Waals surface area (Å²) < 4.78 is 2.00. The molecular weight excluding hydrogens is 403 g/mol. The third-order valence-electron chi connectivity index (χ3n) is 3.91. The van der Waals surface area contributed by atoms with Crippen LogP contribution in [-0.4, -0.2) is 26.4 Å². The molecule has 1 amide bonds. The van der Waals surface area contributed by atoms with Crippen molar-refractivity contribution < 1.29 is 4.79 Å². The summed E-state index contributed by atoms with van der Waals surface area (Å²) in [7, 11) is 0. The van der Waals surface area contributed by atoms with Gasteiger partial charge >= 0.3 is 0 Å². The van der Waals surface area contributed by atoms with Gasteiger partial charge in [0.1, 0.15) is 5.82 Å². The van der Waals surface area contributed by atoms with E-state index in [9.17, 15) is 4.79 Å². The van der Waals surface area contributed by atoms with Crippen molar-refractivity contribution in [2.45, 2.75) is 25.2 Å².